The maximum Gasteiger partial charge on any atom is 0.258 e. The van der Waals surface area contributed by atoms with Gasteiger partial charge in [-0.25, -0.2) is 14.5 Å². The van der Waals surface area contributed by atoms with Crippen molar-refractivity contribution in [2.75, 3.05) is 18.0 Å². The van der Waals surface area contributed by atoms with Gasteiger partial charge in [0.05, 0.1) is 23.3 Å². The summed E-state index contributed by atoms with van der Waals surface area (Å²) >= 11 is 0. The average Bonchev–Trinajstić information content (AvgIpc) is 3.08. The van der Waals surface area contributed by atoms with Gasteiger partial charge in [-0.05, 0) is 51.5 Å². The Morgan fingerprint density at radius 1 is 1.00 bits per heavy atom. The molecule has 154 valence electrons. The molecule has 1 aliphatic rings. The molecule has 30 heavy (non-hydrogen) atoms. The lowest BCUT2D eigenvalue weighted by atomic mass is 10.1. The number of hydrogen-bond donors (Lipinski definition) is 1. The van der Waals surface area contributed by atoms with Crippen molar-refractivity contribution in [1.82, 2.24) is 29.3 Å². The van der Waals surface area contributed by atoms with Crippen LogP contribution in [0.2, 0.25) is 0 Å². The highest BCUT2D eigenvalue weighted by Crippen LogP contribution is 2.21. The predicted octanol–water partition coefficient (Wildman–Crippen LogP) is 2.21. The van der Waals surface area contributed by atoms with Crippen LogP contribution in [0.5, 0.6) is 0 Å². The number of aromatic nitrogens is 5. The molecule has 5 heterocycles. The van der Waals surface area contributed by atoms with Crippen LogP contribution in [-0.4, -0.2) is 49.2 Å². The van der Waals surface area contributed by atoms with Gasteiger partial charge in [0.15, 0.2) is 5.65 Å². The van der Waals surface area contributed by atoms with Crippen LogP contribution in [-0.2, 0) is 0 Å². The molecule has 8 heteroatoms. The summed E-state index contributed by atoms with van der Waals surface area (Å²) < 4.78 is 3.36. The summed E-state index contributed by atoms with van der Waals surface area (Å²) in [7, 11) is 0. The van der Waals surface area contributed by atoms with Crippen LogP contribution >= 0.6 is 0 Å². The van der Waals surface area contributed by atoms with E-state index < -0.39 is 0 Å². The Bertz CT molecular complexity index is 1310. The molecule has 2 atom stereocenters. The molecular weight excluding hydrogens is 378 g/mol. The Morgan fingerprint density at radius 3 is 2.53 bits per heavy atom. The summed E-state index contributed by atoms with van der Waals surface area (Å²) in [5.41, 5.74) is 5.46. The monoisotopic (exact) mass is 403 g/mol. The Kier molecular flexibility index (Phi) is 4.32. The van der Waals surface area contributed by atoms with E-state index in [1.165, 1.54) is 0 Å². The maximum atomic E-state index is 12.9. The van der Waals surface area contributed by atoms with E-state index in [1.54, 1.807) is 15.0 Å². The van der Waals surface area contributed by atoms with Gasteiger partial charge in [0, 0.05) is 37.4 Å². The minimum absolute atomic E-state index is 0.116. The molecular formula is C22H25N7O. The molecule has 0 aliphatic carbocycles. The van der Waals surface area contributed by atoms with E-state index >= 15 is 0 Å². The summed E-state index contributed by atoms with van der Waals surface area (Å²) in [5.74, 6) is 0. The highest BCUT2D eigenvalue weighted by Gasteiger charge is 2.21. The van der Waals surface area contributed by atoms with Crippen molar-refractivity contribution in [3.63, 3.8) is 0 Å². The third-order valence-electron chi connectivity index (χ3n) is 5.56. The van der Waals surface area contributed by atoms with Crippen LogP contribution < -0.4 is 15.8 Å². The number of pyridine rings is 1. The number of piperazine rings is 1. The second-order valence-electron chi connectivity index (χ2n) is 8.33. The van der Waals surface area contributed by atoms with Crippen molar-refractivity contribution >= 4 is 17.0 Å². The molecule has 5 rings (SSSR count). The first-order valence-electron chi connectivity index (χ1n) is 10.3. The minimum atomic E-state index is -0.116. The summed E-state index contributed by atoms with van der Waals surface area (Å²) in [6, 6.07) is 8.23. The molecule has 1 fully saturated rings. The van der Waals surface area contributed by atoms with E-state index in [4.69, 9.17) is 4.98 Å². The van der Waals surface area contributed by atoms with Gasteiger partial charge < -0.3 is 10.2 Å². The number of nitrogens with one attached hydrogen (secondary N) is 1. The van der Waals surface area contributed by atoms with Crippen molar-refractivity contribution < 1.29 is 0 Å². The first-order chi connectivity index (χ1) is 14.4. The van der Waals surface area contributed by atoms with E-state index in [2.05, 4.69) is 34.1 Å². The fraction of sp³-hybridized carbons (Fsp3) is 0.364. The average molecular weight is 403 g/mol. The highest BCUT2D eigenvalue weighted by molar-refractivity contribution is 5.62. The molecule has 4 aromatic heterocycles. The largest absolute Gasteiger partial charge is 0.367 e. The number of anilines is 1. The van der Waals surface area contributed by atoms with Gasteiger partial charge in [0.1, 0.15) is 11.3 Å². The van der Waals surface area contributed by atoms with E-state index in [0.717, 1.165) is 35.7 Å². The van der Waals surface area contributed by atoms with Gasteiger partial charge in [-0.1, -0.05) is 0 Å². The van der Waals surface area contributed by atoms with E-state index in [9.17, 15) is 4.79 Å². The third kappa shape index (κ3) is 3.23. The fourth-order valence-corrected chi connectivity index (χ4v) is 4.32. The van der Waals surface area contributed by atoms with Crippen LogP contribution in [0.4, 0.5) is 5.69 Å². The topological polar surface area (TPSA) is 79.8 Å². The molecule has 0 spiro atoms. The molecule has 0 aromatic carbocycles. The van der Waals surface area contributed by atoms with Crippen molar-refractivity contribution in [2.24, 2.45) is 0 Å². The van der Waals surface area contributed by atoms with Crippen LogP contribution in [0.1, 0.15) is 25.1 Å². The maximum absolute atomic E-state index is 12.9. The summed E-state index contributed by atoms with van der Waals surface area (Å²) in [5, 5.41) is 8.15. The third-order valence-corrected chi connectivity index (χ3v) is 5.56. The lowest BCUT2D eigenvalue weighted by Gasteiger charge is -2.37. The number of imidazole rings is 1. The van der Waals surface area contributed by atoms with Gasteiger partial charge in [-0.15, -0.1) is 0 Å². The zero-order valence-corrected chi connectivity index (χ0v) is 17.6. The molecule has 1 N–H and O–H groups in total. The van der Waals surface area contributed by atoms with Gasteiger partial charge in [-0.2, -0.15) is 5.10 Å². The van der Waals surface area contributed by atoms with Crippen LogP contribution in [0.15, 0.2) is 41.5 Å². The van der Waals surface area contributed by atoms with Gasteiger partial charge >= 0.3 is 0 Å². The van der Waals surface area contributed by atoms with Gasteiger partial charge in [0.2, 0.25) is 0 Å². The first kappa shape index (κ1) is 18.7. The van der Waals surface area contributed by atoms with Crippen molar-refractivity contribution in [3.05, 3.63) is 58.3 Å². The van der Waals surface area contributed by atoms with Gasteiger partial charge in [-0.3, -0.25) is 9.20 Å². The summed E-state index contributed by atoms with van der Waals surface area (Å²) in [6.07, 6.45) is 3.77. The molecule has 1 saturated heterocycles. The molecule has 0 radical (unpaired) electrons. The van der Waals surface area contributed by atoms with Crippen LogP contribution in [0, 0.1) is 13.8 Å². The second-order valence-corrected chi connectivity index (χ2v) is 8.33. The van der Waals surface area contributed by atoms with E-state index in [-0.39, 0.29) is 5.56 Å². The number of nitrogens with zero attached hydrogens (tertiary/aromatic N) is 6. The number of aryl methyl sites for hydroxylation is 2. The normalized spacial score (nSPS) is 19.7. The lowest BCUT2D eigenvalue weighted by molar-refractivity contribution is 0.407. The zero-order chi connectivity index (χ0) is 21.0. The molecule has 1 unspecified atom stereocenters. The molecule has 8 nitrogen and oxygen atoms in total. The van der Waals surface area contributed by atoms with Crippen molar-refractivity contribution in [2.45, 2.75) is 39.8 Å². The molecule has 4 aromatic rings. The molecule has 0 amide bonds. The number of rotatable bonds is 2. The quantitative estimate of drug-likeness (QED) is 0.553. The first-order valence-corrected chi connectivity index (χ1v) is 10.3. The predicted molar refractivity (Wildman–Crippen MR) is 117 cm³/mol. The smallest absolute Gasteiger partial charge is 0.258 e. The second kappa shape index (κ2) is 6.91. The Morgan fingerprint density at radius 2 is 1.77 bits per heavy atom. The highest BCUT2D eigenvalue weighted by atomic mass is 16.1. The summed E-state index contributed by atoms with van der Waals surface area (Å²) in [4.78, 5) is 24.4. The number of fused-ring (bicyclic) bond motifs is 2. The molecule has 0 saturated carbocycles. The Balaban J connectivity index is 1.57. The van der Waals surface area contributed by atoms with Crippen LogP contribution in [0.25, 0.3) is 22.7 Å². The minimum Gasteiger partial charge on any atom is -0.367 e. The van der Waals surface area contributed by atoms with Crippen LogP contribution in [0.3, 0.4) is 0 Å². The molecule has 0 bridgehead atoms. The molecule has 1 aliphatic heterocycles. The lowest BCUT2D eigenvalue weighted by Crippen LogP contribution is -2.54. The zero-order valence-electron chi connectivity index (χ0n) is 17.6. The SMILES string of the molecule is Cc1cn2nc(-c3cc(=O)n4cc(N5CC(C)N[C@@H](C)C5)ccc4n3)cc(C)c2n1. The summed E-state index contributed by atoms with van der Waals surface area (Å²) in [6.45, 7) is 10.1. The van der Waals surface area contributed by atoms with Crippen molar-refractivity contribution in [3.8, 4) is 11.4 Å². The van der Waals surface area contributed by atoms with E-state index in [1.807, 2.05) is 44.4 Å². The van der Waals surface area contributed by atoms with E-state index in [0.29, 0.717) is 29.1 Å². The Hall–Kier alpha value is -3.26. The van der Waals surface area contributed by atoms with Gasteiger partial charge in [0.25, 0.3) is 5.56 Å². The fourth-order valence-electron chi connectivity index (χ4n) is 4.32. The Labute approximate surface area is 174 Å². The number of hydrogen-bond acceptors (Lipinski definition) is 6. The standard InChI is InChI=1S/C22H25N7O/c1-13-7-19(26-29-11-16(4)24-22(13)29)18-8-21(30)28-12-17(5-6-20(28)25-18)27-9-14(2)23-15(3)10-27/h5-8,11-12,14-15,23H,9-10H2,1-4H3/t14-,15?/m0/s1. The van der Waals surface area contributed by atoms with Crippen molar-refractivity contribution in [1.29, 1.82) is 0 Å².